The minimum atomic E-state index is -0.721. The monoisotopic (exact) mass is 602 g/mol. The quantitative estimate of drug-likeness (QED) is 0.136. The molecule has 0 aromatic heterocycles. The molecule has 0 heterocycles. The van der Waals surface area contributed by atoms with Gasteiger partial charge < -0.3 is 21.7 Å². The molecule has 4 aromatic carbocycles. The average molecular weight is 603 g/mol. The van der Waals surface area contributed by atoms with E-state index in [0.717, 1.165) is 0 Å². The summed E-state index contributed by atoms with van der Waals surface area (Å²) in [6.45, 7) is 0. The molecule has 0 aliphatic carbocycles. The maximum absolute atomic E-state index is 14.5. The van der Waals surface area contributed by atoms with E-state index in [4.69, 9.17) is 17.3 Å². The smallest absolute Gasteiger partial charge is 0.272 e. The normalized spacial score (nSPS) is 11.0. The Bertz CT molecular complexity index is 1660. The van der Waals surface area contributed by atoms with Gasteiger partial charge in [-0.1, -0.05) is 54.1 Å². The fraction of sp³-hybridized carbons (Fsp3) is 0.0323. The van der Waals surface area contributed by atoms with Crippen LogP contribution in [-0.2, 0) is 9.59 Å². The largest absolute Gasteiger partial charge is 0.366 e. The lowest BCUT2D eigenvalue weighted by Gasteiger charge is -2.13. The molecule has 5 N–H and O–H groups in total. The highest BCUT2D eigenvalue weighted by Gasteiger charge is 2.17. The Labute approximate surface area is 250 Å². The lowest BCUT2D eigenvalue weighted by molar-refractivity contribution is -0.114. The average Bonchev–Trinajstić information content (AvgIpc) is 2.98. The summed E-state index contributed by atoms with van der Waals surface area (Å²) in [7, 11) is 0. The van der Waals surface area contributed by atoms with Gasteiger partial charge in [-0.15, -0.1) is 11.8 Å². The Morgan fingerprint density at radius 1 is 0.857 bits per heavy atom. The number of para-hydroxylation sites is 1. The van der Waals surface area contributed by atoms with Crippen LogP contribution in [0.3, 0.4) is 0 Å². The van der Waals surface area contributed by atoms with Gasteiger partial charge in [-0.2, -0.15) is 0 Å². The van der Waals surface area contributed by atoms with Crippen LogP contribution in [0.5, 0.6) is 0 Å². The number of nitrogens with one attached hydrogen (secondary N) is 3. The van der Waals surface area contributed by atoms with Crippen molar-refractivity contribution in [2.45, 2.75) is 4.90 Å². The van der Waals surface area contributed by atoms with Crippen LogP contribution in [0.15, 0.2) is 108 Å². The minimum absolute atomic E-state index is 0.00850. The molecule has 0 saturated carbocycles. The highest BCUT2D eigenvalue weighted by atomic mass is 35.5. The number of nitrogens with two attached hydrogens (primary N) is 1. The zero-order chi connectivity index (χ0) is 30.1. The molecule has 212 valence electrons. The van der Waals surface area contributed by atoms with E-state index in [1.165, 1.54) is 42.1 Å². The number of benzene rings is 4. The molecule has 8 nitrogen and oxygen atoms in total. The molecule has 0 bridgehead atoms. The van der Waals surface area contributed by atoms with E-state index in [0.29, 0.717) is 21.8 Å². The SMILES string of the molecule is NC(=O)c1ccccc1NC(=O)CSc1cccc(NC(=O)/C(=C\c2c(F)cccc2Cl)NC(=O)c2ccccc2)c1. The number of carbonyl (C=O) groups excluding carboxylic acids is 4. The van der Waals surface area contributed by atoms with Crippen LogP contribution < -0.4 is 21.7 Å². The van der Waals surface area contributed by atoms with Crippen molar-refractivity contribution in [1.29, 1.82) is 0 Å². The van der Waals surface area contributed by atoms with E-state index >= 15 is 0 Å². The maximum Gasteiger partial charge on any atom is 0.272 e. The molecule has 0 radical (unpaired) electrons. The number of primary amides is 1. The second kappa shape index (κ2) is 14.1. The zero-order valence-electron chi connectivity index (χ0n) is 21.9. The van der Waals surface area contributed by atoms with Gasteiger partial charge >= 0.3 is 0 Å². The first-order chi connectivity index (χ1) is 20.2. The highest BCUT2D eigenvalue weighted by Crippen LogP contribution is 2.25. The summed E-state index contributed by atoms with van der Waals surface area (Å²) in [4.78, 5) is 50.9. The van der Waals surface area contributed by atoms with Gasteiger partial charge in [-0.05, 0) is 60.7 Å². The van der Waals surface area contributed by atoms with Crippen molar-refractivity contribution in [2.75, 3.05) is 16.4 Å². The van der Waals surface area contributed by atoms with E-state index in [1.807, 2.05) is 0 Å². The molecule has 0 aliphatic heterocycles. The lowest BCUT2D eigenvalue weighted by atomic mass is 10.1. The Kier molecular flexibility index (Phi) is 10.1. The van der Waals surface area contributed by atoms with E-state index in [2.05, 4.69) is 16.0 Å². The van der Waals surface area contributed by atoms with Crippen LogP contribution in [0.2, 0.25) is 5.02 Å². The number of halogens is 2. The summed E-state index contributed by atoms with van der Waals surface area (Å²) in [5.41, 5.74) is 6.23. The summed E-state index contributed by atoms with van der Waals surface area (Å²) >= 11 is 7.36. The van der Waals surface area contributed by atoms with Crippen molar-refractivity contribution >= 4 is 64.4 Å². The summed E-state index contributed by atoms with van der Waals surface area (Å²) < 4.78 is 14.5. The molecule has 4 aromatic rings. The van der Waals surface area contributed by atoms with Crippen molar-refractivity contribution in [3.63, 3.8) is 0 Å². The fourth-order valence-corrected chi connectivity index (χ4v) is 4.71. The topological polar surface area (TPSA) is 130 Å². The molecule has 0 fully saturated rings. The summed E-state index contributed by atoms with van der Waals surface area (Å²) in [6, 6.07) is 25.4. The maximum atomic E-state index is 14.5. The fourth-order valence-electron chi connectivity index (χ4n) is 3.74. The number of hydrogen-bond acceptors (Lipinski definition) is 5. The van der Waals surface area contributed by atoms with Gasteiger partial charge in [0.1, 0.15) is 11.5 Å². The third-order valence-electron chi connectivity index (χ3n) is 5.75. The van der Waals surface area contributed by atoms with Crippen LogP contribution in [0.25, 0.3) is 6.08 Å². The lowest BCUT2D eigenvalue weighted by Crippen LogP contribution is -2.30. The van der Waals surface area contributed by atoms with Gasteiger partial charge in [0, 0.05) is 21.7 Å². The minimum Gasteiger partial charge on any atom is -0.366 e. The Balaban J connectivity index is 1.48. The second-order valence-corrected chi connectivity index (χ2v) is 10.2. The van der Waals surface area contributed by atoms with Gasteiger partial charge in [0.15, 0.2) is 0 Å². The van der Waals surface area contributed by atoms with Crippen molar-refractivity contribution in [1.82, 2.24) is 5.32 Å². The molecular formula is C31H24ClFN4O4S. The molecule has 42 heavy (non-hydrogen) atoms. The molecule has 0 saturated heterocycles. The van der Waals surface area contributed by atoms with Crippen LogP contribution >= 0.6 is 23.4 Å². The number of rotatable bonds is 10. The van der Waals surface area contributed by atoms with Crippen LogP contribution in [-0.4, -0.2) is 29.4 Å². The molecule has 0 spiro atoms. The molecule has 4 amide bonds. The van der Waals surface area contributed by atoms with Crippen molar-refractivity contribution < 1.29 is 23.6 Å². The van der Waals surface area contributed by atoms with Crippen molar-refractivity contribution in [3.05, 3.63) is 130 Å². The number of carbonyl (C=O) groups is 4. The van der Waals surface area contributed by atoms with Gasteiger partial charge in [-0.3, -0.25) is 19.2 Å². The van der Waals surface area contributed by atoms with Crippen LogP contribution in [0.1, 0.15) is 26.3 Å². The van der Waals surface area contributed by atoms with Crippen LogP contribution in [0, 0.1) is 5.82 Å². The van der Waals surface area contributed by atoms with Gasteiger partial charge in [0.2, 0.25) is 5.91 Å². The van der Waals surface area contributed by atoms with E-state index in [1.54, 1.807) is 72.8 Å². The van der Waals surface area contributed by atoms with E-state index in [9.17, 15) is 23.6 Å². The number of hydrogen-bond donors (Lipinski definition) is 4. The summed E-state index contributed by atoms with van der Waals surface area (Å²) in [5, 5.41) is 7.96. The predicted molar refractivity (Wildman–Crippen MR) is 163 cm³/mol. The highest BCUT2D eigenvalue weighted by molar-refractivity contribution is 8.00. The third-order valence-corrected chi connectivity index (χ3v) is 7.07. The van der Waals surface area contributed by atoms with Crippen molar-refractivity contribution in [2.24, 2.45) is 5.73 Å². The first kappa shape index (κ1) is 30.0. The zero-order valence-corrected chi connectivity index (χ0v) is 23.5. The third kappa shape index (κ3) is 8.06. The summed E-state index contributed by atoms with van der Waals surface area (Å²) in [6.07, 6.45) is 1.17. The van der Waals surface area contributed by atoms with Crippen molar-refractivity contribution in [3.8, 4) is 0 Å². The predicted octanol–water partition coefficient (Wildman–Crippen LogP) is 5.72. The molecule has 0 unspecified atom stereocenters. The first-order valence-corrected chi connectivity index (χ1v) is 13.8. The summed E-state index contributed by atoms with van der Waals surface area (Å²) in [5.74, 6) is -2.98. The second-order valence-electron chi connectivity index (χ2n) is 8.74. The standard InChI is InChI=1S/C31H24ClFN4O4S/c32-24-13-7-14-25(33)23(24)17-27(37-30(40)19-8-2-1-3-9-19)31(41)35-20-10-6-11-21(16-20)42-18-28(38)36-26-15-5-4-12-22(26)29(34)39/h1-17H,18H2,(H2,34,39)(H,35,41)(H,36,38)(H,37,40)/b27-17+. The Hall–Kier alpha value is -4.93. The Morgan fingerprint density at radius 3 is 2.31 bits per heavy atom. The van der Waals surface area contributed by atoms with Gasteiger partial charge in [-0.25, -0.2) is 4.39 Å². The van der Waals surface area contributed by atoms with E-state index < -0.39 is 23.5 Å². The molecule has 4 rings (SSSR count). The van der Waals surface area contributed by atoms with E-state index in [-0.39, 0.29) is 33.5 Å². The van der Waals surface area contributed by atoms with Crippen LogP contribution in [0.4, 0.5) is 15.8 Å². The Morgan fingerprint density at radius 2 is 1.57 bits per heavy atom. The number of anilines is 2. The first-order valence-electron chi connectivity index (χ1n) is 12.5. The number of thioether (sulfide) groups is 1. The van der Waals surface area contributed by atoms with Gasteiger partial charge in [0.05, 0.1) is 22.0 Å². The van der Waals surface area contributed by atoms with Gasteiger partial charge in [0.25, 0.3) is 17.7 Å². The molecular weight excluding hydrogens is 579 g/mol. The molecule has 11 heteroatoms. The molecule has 0 atom stereocenters. The number of amides is 4. The molecule has 0 aliphatic rings.